The summed E-state index contributed by atoms with van der Waals surface area (Å²) in [6, 6.07) is 13.3. The number of hydrogen-bond acceptors (Lipinski definition) is 3. The second-order valence-corrected chi connectivity index (χ2v) is 5.92. The molecule has 0 saturated carbocycles. The summed E-state index contributed by atoms with van der Waals surface area (Å²) in [5.41, 5.74) is 2.24. The van der Waals surface area contributed by atoms with E-state index in [0.717, 1.165) is 26.6 Å². The smallest absolute Gasteiger partial charge is 0.258 e. The number of aryl methyl sites for hydroxylation is 2. The van der Waals surface area contributed by atoms with E-state index in [2.05, 4.69) is 31.2 Å². The topological polar surface area (TPSA) is 54.9 Å². The predicted octanol–water partition coefficient (Wildman–Crippen LogP) is 4.26. The molecule has 0 radical (unpaired) electrons. The minimum absolute atomic E-state index is 0.214. The quantitative estimate of drug-likeness (QED) is 0.746. The Kier molecular flexibility index (Phi) is 3.90. The van der Waals surface area contributed by atoms with Crippen molar-refractivity contribution in [1.29, 1.82) is 0 Å². The molecule has 1 aromatic heterocycles. The maximum Gasteiger partial charge on any atom is 0.258 e. The van der Waals surface area contributed by atoms with E-state index >= 15 is 0 Å². The fourth-order valence-corrected chi connectivity index (χ4v) is 2.92. The minimum Gasteiger partial charge on any atom is -0.290 e. The van der Waals surface area contributed by atoms with E-state index in [9.17, 15) is 4.79 Å². The predicted molar refractivity (Wildman–Crippen MR) is 91.1 cm³/mol. The van der Waals surface area contributed by atoms with Gasteiger partial charge in [0, 0.05) is 21.4 Å². The van der Waals surface area contributed by atoms with Gasteiger partial charge in [0.15, 0.2) is 0 Å². The lowest BCUT2D eigenvalue weighted by Crippen LogP contribution is -2.15. The van der Waals surface area contributed by atoms with Gasteiger partial charge in [-0.1, -0.05) is 40.2 Å². The summed E-state index contributed by atoms with van der Waals surface area (Å²) in [6.45, 7) is 3.75. The van der Waals surface area contributed by atoms with Crippen LogP contribution in [0.4, 0.5) is 5.95 Å². The van der Waals surface area contributed by atoms with Crippen molar-refractivity contribution in [3.05, 3.63) is 63.9 Å². The van der Waals surface area contributed by atoms with Crippen molar-refractivity contribution in [1.82, 2.24) is 9.97 Å². The van der Waals surface area contributed by atoms with Gasteiger partial charge in [0.25, 0.3) is 5.91 Å². The molecule has 0 aliphatic rings. The van der Waals surface area contributed by atoms with Gasteiger partial charge in [-0.25, -0.2) is 9.97 Å². The molecule has 0 aliphatic heterocycles. The first-order valence-electron chi connectivity index (χ1n) is 6.85. The maximum absolute atomic E-state index is 12.6. The molecule has 1 heterocycles. The second-order valence-electron chi connectivity index (χ2n) is 5.07. The van der Waals surface area contributed by atoms with Gasteiger partial charge < -0.3 is 0 Å². The van der Waals surface area contributed by atoms with Crippen LogP contribution in [-0.4, -0.2) is 15.9 Å². The van der Waals surface area contributed by atoms with Crippen LogP contribution >= 0.6 is 15.9 Å². The standard InChI is InChI=1S/C17H14BrN3O/c1-10-9-11(2)20-17(19-10)21-16(22)14-7-3-6-13-12(14)5-4-8-15(13)18/h3-9H,1-2H3,(H,19,20,21,22). The zero-order valence-electron chi connectivity index (χ0n) is 12.2. The van der Waals surface area contributed by atoms with E-state index in [1.54, 1.807) is 6.07 Å². The Bertz CT molecular complexity index is 857. The highest BCUT2D eigenvalue weighted by atomic mass is 79.9. The normalized spacial score (nSPS) is 10.7. The van der Waals surface area contributed by atoms with Crippen molar-refractivity contribution >= 4 is 38.6 Å². The van der Waals surface area contributed by atoms with Crippen molar-refractivity contribution in [2.45, 2.75) is 13.8 Å². The maximum atomic E-state index is 12.6. The number of fused-ring (bicyclic) bond motifs is 1. The molecule has 0 spiro atoms. The number of carbonyl (C=O) groups excluding carboxylic acids is 1. The number of carbonyl (C=O) groups is 1. The Morgan fingerprint density at radius 3 is 2.36 bits per heavy atom. The number of rotatable bonds is 2. The molecule has 0 saturated heterocycles. The van der Waals surface area contributed by atoms with Crippen LogP contribution < -0.4 is 5.32 Å². The van der Waals surface area contributed by atoms with E-state index in [-0.39, 0.29) is 5.91 Å². The summed E-state index contributed by atoms with van der Waals surface area (Å²) in [5.74, 6) is 0.114. The van der Waals surface area contributed by atoms with E-state index in [1.807, 2.05) is 50.2 Å². The number of nitrogens with one attached hydrogen (secondary N) is 1. The van der Waals surface area contributed by atoms with Crippen LogP contribution in [0.2, 0.25) is 0 Å². The molecule has 0 bridgehead atoms. The van der Waals surface area contributed by atoms with Gasteiger partial charge in [-0.15, -0.1) is 0 Å². The summed E-state index contributed by atoms with van der Waals surface area (Å²) in [4.78, 5) is 21.0. The lowest BCUT2D eigenvalue weighted by atomic mass is 10.0. The Morgan fingerprint density at radius 2 is 1.64 bits per heavy atom. The minimum atomic E-state index is -0.214. The van der Waals surface area contributed by atoms with Crippen molar-refractivity contribution in [2.75, 3.05) is 5.32 Å². The molecule has 0 aliphatic carbocycles. The van der Waals surface area contributed by atoms with E-state index in [0.29, 0.717) is 11.5 Å². The molecule has 5 heteroatoms. The average molecular weight is 356 g/mol. The average Bonchev–Trinajstić information content (AvgIpc) is 2.46. The number of amides is 1. The van der Waals surface area contributed by atoms with Crippen LogP contribution in [-0.2, 0) is 0 Å². The largest absolute Gasteiger partial charge is 0.290 e. The van der Waals surface area contributed by atoms with Gasteiger partial charge in [0.05, 0.1) is 0 Å². The number of aromatic nitrogens is 2. The highest BCUT2D eigenvalue weighted by Gasteiger charge is 2.12. The van der Waals surface area contributed by atoms with E-state index in [4.69, 9.17) is 0 Å². The van der Waals surface area contributed by atoms with Gasteiger partial charge in [-0.05, 0) is 42.8 Å². The number of anilines is 1. The summed E-state index contributed by atoms with van der Waals surface area (Å²) in [6.07, 6.45) is 0. The zero-order valence-corrected chi connectivity index (χ0v) is 13.8. The van der Waals surface area contributed by atoms with Crippen molar-refractivity contribution in [2.24, 2.45) is 0 Å². The van der Waals surface area contributed by atoms with Gasteiger partial charge in [0.1, 0.15) is 0 Å². The van der Waals surface area contributed by atoms with Crippen LogP contribution in [0, 0.1) is 13.8 Å². The molecular weight excluding hydrogens is 342 g/mol. The molecule has 22 heavy (non-hydrogen) atoms. The highest BCUT2D eigenvalue weighted by Crippen LogP contribution is 2.26. The van der Waals surface area contributed by atoms with Crippen molar-refractivity contribution in [3.8, 4) is 0 Å². The molecule has 4 nitrogen and oxygen atoms in total. The molecule has 0 unspecified atom stereocenters. The first kappa shape index (κ1) is 14.7. The van der Waals surface area contributed by atoms with Crippen LogP contribution in [0.15, 0.2) is 46.9 Å². The number of hydrogen-bond donors (Lipinski definition) is 1. The third-order valence-electron chi connectivity index (χ3n) is 3.32. The zero-order chi connectivity index (χ0) is 15.7. The molecule has 3 aromatic rings. The molecule has 1 amide bonds. The molecule has 3 rings (SSSR count). The molecule has 0 fully saturated rings. The van der Waals surface area contributed by atoms with Crippen LogP contribution in [0.3, 0.4) is 0 Å². The third-order valence-corrected chi connectivity index (χ3v) is 4.01. The summed E-state index contributed by atoms with van der Waals surface area (Å²) < 4.78 is 0.960. The first-order chi connectivity index (χ1) is 10.5. The number of benzene rings is 2. The Balaban J connectivity index is 2.01. The molecule has 2 aromatic carbocycles. The fourth-order valence-electron chi connectivity index (χ4n) is 2.42. The highest BCUT2D eigenvalue weighted by molar-refractivity contribution is 9.10. The first-order valence-corrected chi connectivity index (χ1v) is 7.65. The summed E-state index contributed by atoms with van der Waals surface area (Å²) >= 11 is 3.51. The summed E-state index contributed by atoms with van der Waals surface area (Å²) in [5, 5.41) is 4.66. The Hall–Kier alpha value is -2.27. The van der Waals surface area contributed by atoms with E-state index < -0.39 is 0 Å². The lowest BCUT2D eigenvalue weighted by molar-refractivity contribution is 0.102. The summed E-state index contributed by atoms with van der Waals surface area (Å²) in [7, 11) is 0. The van der Waals surface area contributed by atoms with Crippen molar-refractivity contribution < 1.29 is 4.79 Å². The SMILES string of the molecule is Cc1cc(C)nc(NC(=O)c2cccc3c(Br)cccc23)n1. The Morgan fingerprint density at radius 1 is 1.00 bits per heavy atom. The number of halogens is 1. The van der Waals surface area contributed by atoms with Gasteiger partial charge in [0.2, 0.25) is 5.95 Å². The van der Waals surface area contributed by atoms with Crippen LogP contribution in [0.1, 0.15) is 21.7 Å². The lowest BCUT2D eigenvalue weighted by Gasteiger charge is -2.09. The van der Waals surface area contributed by atoms with Crippen LogP contribution in [0.5, 0.6) is 0 Å². The molecule has 0 atom stereocenters. The van der Waals surface area contributed by atoms with Gasteiger partial charge in [-0.2, -0.15) is 0 Å². The Labute approximate surface area is 136 Å². The molecular formula is C17H14BrN3O. The van der Waals surface area contributed by atoms with Gasteiger partial charge in [-0.3, -0.25) is 10.1 Å². The number of nitrogens with zero attached hydrogens (tertiary/aromatic N) is 2. The van der Waals surface area contributed by atoms with Crippen molar-refractivity contribution in [3.63, 3.8) is 0 Å². The van der Waals surface area contributed by atoms with Gasteiger partial charge >= 0.3 is 0 Å². The van der Waals surface area contributed by atoms with E-state index in [1.165, 1.54) is 0 Å². The molecule has 110 valence electrons. The third kappa shape index (κ3) is 2.85. The fraction of sp³-hybridized carbons (Fsp3) is 0.118. The van der Waals surface area contributed by atoms with Crippen LogP contribution in [0.25, 0.3) is 10.8 Å². The molecule has 1 N–H and O–H groups in total. The monoisotopic (exact) mass is 355 g/mol. The second kappa shape index (κ2) is 5.85.